The number of halogens is 1. The van der Waals surface area contributed by atoms with Crippen LogP contribution >= 0.6 is 11.6 Å². The first-order valence-corrected chi connectivity index (χ1v) is 7.05. The number of carbonyl (C=O) groups excluding carboxylic acids is 1. The highest BCUT2D eigenvalue weighted by Crippen LogP contribution is 2.25. The first-order chi connectivity index (χ1) is 9.24. The number of piperidine rings is 1. The number of benzene rings is 1. The van der Waals surface area contributed by atoms with Gasteiger partial charge in [-0.15, -0.1) is 0 Å². The number of hydrogen-bond acceptors (Lipinski definition) is 2. The number of furan rings is 1. The molecule has 19 heavy (non-hydrogen) atoms. The lowest BCUT2D eigenvalue weighted by atomic mass is 10.1. The minimum Gasteiger partial charge on any atom is -0.464 e. The summed E-state index contributed by atoms with van der Waals surface area (Å²) in [5.41, 5.74) is 1.71. The number of rotatable bonds is 2. The molecule has 1 aliphatic rings. The van der Waals surface area contributed by atoms with Crippen LogP contribution in [0.1, 0.15) is 24.8 Å². The average Bonchev–Trinajstić information content (AvgIpc) is 2.82. The number of likely N-dealkylation sites (tertiary alicyclic amines) is 1. The molecule has 3 rings (SSSR count). The summed E-state index contributed by atoms with van der Waals surface area (Å²) in [5, 5.41) is 1.61. The molecule has 3 nitrogen and oxygen atoms in total. The first kappa shape index (κ1) is 12.5. The van der Waals surface area contributed by atoms with Crippen LogP contribution in [0.4, 0.5) is 0 Å². The molecular weight excluding hydrogens is 262 g/mol. The van der Waals surface area contributed by atoms with E-state index in [4.69, 9.17) is 16.0 Å². The molecule has 100 valence electrons. The van der Waals surface area contributed by atoms with Crippen molar-refractivity contribution in [2.75, 3.05) is 13.1 Å². The summed E-state index contributed by atoms with van der Waals surface area (Å²) < 4.78 is 5.46. The van der Waals surface area contributed by atoms with E-state index >= 15 is 0 Å². The summed E-state index contributed by atoms with van der Waals surface area (Å²) in [7, 11) is 0. The van der Waals surface area contributed by atoms with Crippen LogP contribution in [0.2, 0.25) is 5.02 Å². The third-order valence-corrected chi connectivity index (χ3v) is 3.90. The Hall–Kier alpha value is -1.48. The van der Waals surface area contributed by atoms with Crippen molar-refractivity contribution in [3.63, 3.8) is 0 Å². The van der Waals surface area contributed by atoms with Gasteiger partial charge in [-0.3, -0.25) is 4.79 Å². The van der Waals surface area contributed by atoms with Gasteiger partial charge in [0, 0.05) is 29.1 Å². The van der Waals surface area contributed by atoms with Crippen LogP contribution in [0.5, 0.6) is 0 Å². The Bertz CT molecular complexity index is 599. The zero-order valence-corrected chi connectivity index (χ0v) is 11.4. The van der Waals surface area contributed by atoms with Crippen LogP contribution in [0, 0.1) is 0 Å². The minimum absolute atomic E-state index is 0.183. The lowest BCUT2D eigenvalue weighted by molar-refractivity contribution is -0.131. The molecule has 2 heterocycles. The number of carbonyl (C=O) groups is 1. The highest BCUT2D eigenvalue weighted by molar-refractivity contribution is 6.31. The van der Waals surface area contributed by atoms with Crippen molar-refractivity contribution in [3.05, 3.63) is 35.0 Å². The van der Waals surface area contributed by atoms with E-state index in [0.29, 0.717) is 11.4 Å². The fourth-order valence-corrected chi connectivity index (χ4v) is 2.78. The summed E-state index contributed by atoms with van der Waals surface area (Å²) in [5.74, 6) is 0.183. The van der Waals surface area contributed by atoms with Crippen LogP contribution < -0.4 is 0 Å². The maximum absolute atomic E-state index is 12.2. The molecule has 1 aromatic carbocycles. The van der Waals surface area contributed by atoms with Gasteiger partial charge in [-0.05, 0) is 37.5 Å². The summed E-state index contributed by atoms with van der Waals surface area (Å²) >= 11 is 6.00. The van der Waals surface area contributed by atoms with Crippen molar-refractivity contribution in [1.29, 1.82) is 0 Å². The van der Waals surface area contributed by atoms with Gasteiger partial charge >= 0.3 is 0 Å². The van der Waals surface area contributed by atoms with Crippen molar-refractivity contribution in [2.45, 2.75) is 25.7 Å². The molecule has 2 aromatic rings. The molecule has 1 aliphatic heterocycles. The Morgan fingerprint density at radius 1 is 1.26 bits per heavy atom. The van der Waals surface area contributed by atoms with Crippen LogP contribution in [0.25, 0.3) is 11.0 Å². The molecule has 0 bridgehead atoms. The molecule has 0 atom stereocenters. The molecule has 0 saturated carbocycles. The van der Waals surface area contributed by atoms with E-state index in [-0.39, 0.29) is 5.91 Å². The number of hydrogen-bond donors (Lipinski definition) is 0. The van der Waals surface area contributed by atoms with Gasteiger partial charge in [0.1, 0.15) is 5.58 Å². The summed E-state index contributed by atoms with van der Waals surface area (Å²) in [6.07, 6.45) is 5.53. The second-order valence-electron chi connectivity index (χ2n) is 5.02. The molecule has 1 fully saturated rings. The van der Waals surface area contributed by atoms with Gasteiger partial charge in [0.2, 0.25) is 5.91 Å². The zero-order chi connectivity index (χ0) is 13.2. The molecular formula is C15H16ClNO2. The van der Waals surface area contributed by atoms with Crippen molar-refractivity contribution < 1.29 is 9.21 Å². The van der Waals surface area contributed by atoms with Crippen LogP contribution in [0.15, 0.2) is 28.9 Å². The molecule has 0 N–H and O–H groups in total. The topological polar surface area (TPSA) is 33.5 Å². The largest absolute Gasteiger partial charge is 0.464 e. The fourth-order valence-electron chi connectivity index (χ4n) is 2.61. The average molecular weight is 278 g/mol. The quantitative estimate of drug-likeness (QED) is 0.840. The Morgan fingerprint density at radius 3 is 2.84 bits per heavy atom. The molecule has 1 amide bonds. The number of fused-ring (bicyclic) bond motifs is 1. The summed E-state index contributed by atoms with van der Waals surface area (Å²) in [4.78, 5) is 14.2. The molecule has 0 aliphatic carbocycles. The van der Waals surface area contributed by atoms with Gasteiger partial charge in [0.15, 0.2) is 0 Å². The van der Waals surface area contributed by atoms with E-state index in [2.05, 4.69) is 0 Å². The van der Waals surface area contributed by atoms with Gasteiger partial charge in [-0.1, -0.05) is 11.6 Å². The van der Waals surface area contributed by atoms with Gasteiger partial charge in [0.05, 0.1) is 12.7 Å². The minimum atomic E-state index is 0.183. The van der Waals surface area contributed by atoms with E-state index in [1.165, 1.54) is 6.42 Å². The molecule has 0 radical (unpaired) electrons. The predicted molar refractivity (Wildman–Crippen MR) is 75.4 cm³/mol. The second kappa shape index (κ2) is 5.25. The van der Waals surface area contributed by atoms with Gasteiger partial charge < -0.3 is 9.32 Å². The normalized spacial score (nSPS) is 15.9. The third-order valence-electron chi connectivity index (χ3n) is 3.67. The van der Waals surface area contributed by atoms with Gasteiger partial charge in [0.25, 0.3) is 0 Å². The number of amides is 1. The van der Waals surface area contributed by atoms with Crippen LogP contribution in [-0.2, 0) is 11.2 Å². The lowest BCUT2D eigenvalue weighted by Gasteiger charge is -2.26. The highest BCUT2D eigenvalue weighted by atomic mass is 35.5. The number of nitrogens with zero attached hydrogens (tertiary/aromatic N) is 1. The van der Waals surface area contributed by atoms with Crippen molar-refractivity contribution in [3.8, 4) is 0 Å². The first-order valence-electron chi connectivity index (χ1n) is 6.67. The zero-order valence-electron chi connectivity index (χ0n) is 10.7. The van der Waals surface area contributed by atoms with Gasteiger partial charge in [-0.25, -0.2) is 0 Å². The van der Waals surface area contributed by atoms with E-state index in [1.54, 1.807) is 12.3 Å². The third kappa shape index (κ3) is 2.61. The molecule has 0 spiro atoms. The van der Waals surface area contributed by atoms with Crippen LogP contribution in [0.3, 0.4) is 0 Å². The Balaban J connectivity index is 1.80. The monoisotopic (exact) mass is 277 g/mol. The van der Waals surface area contributed by atoms with Crippen molar-refractivity contribution in [2.24, 2.45) is 0 Å². The lowest BCUT2D eigenvalue weighted by Crippen LogP contribution is -2.36. The molecule has 1 saturated heterocycles. The van der Waals surface area contributed by atoms with E-state index < -0.39 is 0 Å². The second-order valence-corrected chi connectivity index (χ2v) is 5.46. The van der Waals surface area contributed by atoms with Crippen molar-refractivity contribution in [1.82, 2.24) is 4.90 Å². The standard InChI is InChI=1S/C15H16ClNO2/c16-12-4-5-14-13(9-12)11(10-19-14)8-15(18)17-6-2-1-3-7-17/h4-5,9-10H,1-3,6-8H2. The van der Waals surface area contributed by atoms with E-state index in [9.17, 15) is 4.79 Å². The Morgan fingerprint density at radius 2 is 2.05 bits per heavy atom. The predicted octanol–water partition coefficient (Wildman–Crippen LogP) is 3.64. The van der Waals surface area contributed by atoms with E-state index in [1.807, 2.05) is 17.0 Å². The fraction of sp³-hybridized carbons (Fsp3) is 0.400. The maximum Gasteiger partial charge on any atom is 0.227 e. The maximum atomic E-state index is 12.2. The smallest absolute Gasteiger partial charge is 0.227 e. The van der Waals surface area contributed by atoms with Crippen molar-refractivity contribution >= 4 is 28.5 Å². The Labute approximate surface area is 117 Å². The van der Waals surface area contributed by atoms with E-state index in [0.717, 1.165) is 42.5 Å². The highest BCUT2D eigenvalue weighted by Gasteiger charge is 2.18. The summed E-state index contributed by atoms with van der Waals surface area (Å²) in [6.45, 7) is 1.77. The SMILES string of the molecule is O=C(Cc1coc2ccc(Cl)cc12)N1CCCCC1. The van der Waals surface area contributed by atoms with Crippen LogP contribution in [-0.4, -0.2) is 23.9 Å². The van der Waals surface area contributed by atoms with Gasteiger partial charge in [-0.2, -0.15) is 0 Å². The molecule has 1 aromatic heterocycles. The molecule has 4 heteroatoms. The summed E-state index contributed by atoms with van der Waals surface area (Å²) in [6, 6.07) is 5.50. The molecule has 0 unspecified atom stereocenters. The Kier molecular flexibility index (Phi) is 3.47.